The molecule has 0 aliphatic rings. The molecule has 1 heterocycles. The summed E-state index contributed by atoms with van der Waals surface area (Å²) in [5.74, 6) is 0.419. The molecule has 0 radical (unpaired) electrons. The maximum Gasteiger partial charge on any atom is 0.153 e. The highest BCUT2D eigenvalue weighted by atomic mass is 35.5. The monoisotopic (exact) mass is 370 g/mol. The Morgan fingerprint density at radius 2 is 1.88 bits per heavy atom. The van der Waals surface area contributed by atoms with Gasteiger partial charge in [0.05, 0.1) is 17.1 Å². The van der Waals surface area contributed by atoms with Crippen LogP contribution in [0.2, 0.25) is 10.0 Å². The zero-order valence-electron chi connectivity index (χ0n) is 13.8. The van der Waals surface area contributed by atoms with Crippen molar-refractivity contribution in [3.63, 3.8) is 0 Å². The second kappa shape index (κ2) is 6.79. The van der Waals surface area contributed by atoms with Crippen molar-refractivity contribution in [3.05, 3.63) is 68.8 Å². The van der Waals surface area contributed by atoms with Gasteiger partial charge in [0.25, 0.3) is 0 Å². The number of hydrogen-bond donors (Lipinski definition) is 1. The molecular formula is C19H16Cl2N4. The number of nitrogens with zero attached hydrogens (tertiary/aromatic N) is 3. The molecule has 0 saturated heterocycles. The van der Waals surface area contributed by atoms with Gasteiger partial charge in [-0.1, -0.05) is 47.0 Å². The molecule has 0 bridgehead atoms. The third-order valence-electron chi connectivity index (χ3n) is 4.13. The Balaban J connectivity index is 2.03. The summed E-state index contributed by atoms with van der Waals surface area (Å²) in [6.45, 7) is 4.50. The quantitative estimate of drug-likeness (QED) is 0.706. The molecule has 1 aromatic heterocycles. The molecule has 6 heteroatoms. The molecule has 0 spiro atoms. The van der Waals surface area contributed by atoms with Crippen molar-refractivity contribution < 1.29 is 0 Å². The maximum atomic E-state index is 9.02. The van der Waals surface area contributed by atoms with E-state index < -0.39 is 0 Å². The van der Waals surface area contributed by atoms with Crippen LogP contribution in [0.1, 0.15) is 22.4 Å². The SMILES string of the molecule is Cc1ccc(Cl)c(Cn2nc(N)c(-c3ccc(C#N)c(Cl)c3)c2C)c1. The van der Waals surface area contributed by atoms with Crippen LogP contribution >= 0.6 is 23.2 Å². The maximum absolute atomic E-state index is 9.02. The molecule has 0 aliphatic carbocycles. The van der Waals surface area contributed by atoms with Gasteiger partial charge in [0.1, 0.15) is 6.07 Å². The van der Waals surface area contributed by atoms with E-state index >= 15 is 0 Å². The van der Waals surface area contributed by atoms with E-state index in [4.69, 9.17) is 34.2 Å². The third-order valence-corrected chi connectivity index (χ3v) is 4.81. The lowest BCUT2D eigenvalue weighted by atomic mass is 10.0. The van der Waals surface area contributed by atoms with Crippen LogP contribution in [0.3, 0.4) is 0 Å². The first kappa shape index (κ1) is 17.3. The minimum atomic E-state index is 0.397. The fourth-order valence-corrected chi connectivity index (χ4v) is 3.23. The second-order valence-electron chi connectivity index (χ2n) is 5.90. The Hall–Kier alpha value is -2.48. The predicted molar refractivity (Wildman–Crippen MR) is 102 cm³/mol. The predicted octanol–water partition coefficient (Wildman–Crippen LogP) is 4.98. The molecule has 0 aliphatic heterocycles. The zero-order chi connectivity index (χ0) is 18.1. The summed E-state index contributed by atoms with van der Waals surface area (Å²) in [5, 5.41) is 14.6. The molecule has 25 heavy (non-hydrogen) atoms. The first-order valence-corrected chi connectivity index (χ1v) is 8.44. The van der Waals surface area contributed by atoms with Gasteiger partial charge in [0, 0.05) is 16.3 Å². The number of nitriles is 1. The first-order chi connectivity index (χ1) is 11.9. The lowest BCUT2D eigenvalue weighted by Gasteiger charge is -2.09. The molecule has 0 saturated carbocycles. The average molecular weight is 371 g/mol. The molecule has 126 valence electrons. The van der Waals surface area contributed by atoms with E-state index in [1.54, 1.807) is 12.1 Å². The molecule has 4 nitrogen and oxygen atoms in total. The highest BCUT2D eigenvalue weighted by Crippen LogP contribution is 2.32. The summed E-state index contributed by atoms with van der Waals surface area (Å²) >= 11 is 12.4. The van der Waals surface area contributed by atoms with Gasteiger partial charge in [0.15, 0.2) is 5.82 Å². The third kappa shape index (κ3) is 3.34. The van der Waals surface area contributed by atoms with E-state index in [2.05, 4.69) is 11.2 Å². The normalized spacial score (nSPS) is 10.7. The number of nitrogen functional groups attached to an aromatic ring is 1. The van der Waals surface area contributed by atoms with Crippen molar-refractivity contribution in [1.82, 2.24) is 9.78 Å². The fraction of sp³-hybridized carbons (Fsp3) is 0.158. The Morgan fingerprint density at radius 3 is 2.56 bits per heavy atom. The first-order valence-electron chi connectivity index (χ1n) is 7.68. The Kier molecular flexibility index (Phi) is 4.71. The van der Waals surface area contributed by atoms with Gasteiger partial charge in [-0.15, -0.1) is 0 Å². The van der Waals surface area contributed by atoms with Gasteiger partial charge in [0.2, 0.25) is 0 Å². The van der Waals surface area contributed by atoms with Crippen LogP contribution in [0, 0.1) is 25.2 Å². The highest BCUT2D eigenvalue weighted by Gasteiger charge is 2.16. The number of halogens is 2. The van der Waals surface area contributed by atoms with Crippen molar-refractivity contribution in [1.29, 1.82) is 5.26 Å². The lowest BCUT2D eigenvalue weighted by molar-refractivity contribution is 0.668. The largest absolute Gasteiger partial charge is 0.382 e. The number of anilines is 1. The van der Waals surface area contributed by atoms with Crippen LogP contribution in [0.25, 0.3) is 11.1 Å². The van der Waals surface area contributed by atoms with Gasteiger partial charge in [-0.2, -0.15) is 10.4 Å². The van der Waals surface area contributed by atoms with Crippen LogP contribution in [-0.2, 0) is 6.54 Å². The van der Waals surface area contributed by atoms with E-state index in [1.165, 1.54) is 0 Å². The molecular weight excluding hydrogens is 355 g/mol. The van der Waals surface area contributed by atoms with Gasteiger partial charge < -0.3 is 5.73 Å². The van der Waals surface area contributed by atoms with Crippen LogP contribution in [0.15, 0.2) is 36.4 Å². The zero-order valence-corrected chi connectivity index (χ0v) is 15.4. The Morgan fingerprint density at radius 1 is 1.12 bits per heavy atom. The molecule has 2 aromatic carbocycles. The standard InChI is InChI=1S/C19H16Cl2N4/c1-11-3-6-16(20)15(7-11)10-25-12(2)18(19(23)24-25)13-4-5-14(9-22)17(21)8-13/h3-8H,10H2,1-2H3,(H2,23,24). The molecule has 2 N–H and O–H groups in total. The van der Waals surface area contributed by atoms with E-state index in [-0.39, 0.29) is 0 Å². The molecule has 0 amide bonds. The number of nitrogens with two attached hydrogens (primary N) is 1. The van der Waals surface area contributed by atoms with E-state index in [0.29, 0.717) is 28.0 Å². The van der Waals surface area contributed by atoms with Gasteiger partial charge in [-0.3, -0.25) is 4.68 Å². The summed E-state index contributed by atoms with van der Waals surface area (Å²) in [4.78, 5) is 0. The number of hydrogen-bond acceptors (Lipinski definition) is 3. The molecule has 0 unspecified atom stereocenters. The smallest absolute Gasteiger partial charge is 0.153 e. The van der Waals surface area contributed by atoms with E-state index in [0.717, 1.165) is 27.9 Å². The van der Waals surface area contributed by atoms with Gasteiger partial charge in [-0.25, -0.2) is 0 Å². The Bertz CT molecular complexity index is 999. The summed E-state index contributed by atoms with van der Waals surface area (Å²) < 4.78 is 1.83. The van der Waals surface area contributed by atoms with Gasteiger partial charge in [-0.05, 0) is 43.2 Å². The molecule has 3 rings (SSSR count). The van der Waals surface area contributed by atoms with Crippen molar-refractivity contribution in [2.75, 3.05) is 5.73 Å². The van der Waals surface area contributed by atoms with E-state index in [1.807, 2.05) is 42.8 Å². The van der Waals surface area contributed by atoms with E-state index in [9.17, 15) is 0 Å². The number of benzene rings is 2. The fourth-order valence-electron chi connectivity index (χ4n) is 2.83. The van der Waals surface area contributed by atoms with Gasteiger partial charge >= 0.3 is 0 Å². The average Bonchev–Trinajstić information content (AvgIpc) is 2.85. The minimum Gasteiger partial charge on any atom is -0.382 e. The summed E-state index contributed by atoms with van der Waals surface area (Å²) in [6, 6.07) is 13.2. The van der Waals surface area contributed by atoms with Crippen LogP contribution < -0.4 is 5.73 Å². The summed E-state index contributed by atoms with van der Waals surface area (Å²) in [6.07, 6.45) is 0. The summed E-state index contributed by atoms with van der Waals surface area (Å²) in [5.41, 5.74) is 11.3. The second-order valence-corrected chi connectivity index (χ2v) is 6.72. The van der Waals surface area contributed by atoms with Crippen molar-refractivity contribution in [2.45, 2.75) is 20.4 Å². The van der Waals surface area contributed by atoms with Crippen LogP contribution in [0.5, 0.6) is 0 Å². The van der Waals surface area contributed by atoms with Crippen LogP contribution in [-0.4, -0.2) is 9.78 Å². The lowest BCUT2D eigenvalue weighted by Crippen LogP contribution is -2.05. The minimum absolute atomic E-state index is 0.397. The molecule has 3 aromatic rings. The number of aromatic nitrogens is 2. The Labute approximate surface area is 156 Å². The van der Waals surface area contributed by atoms with Crippen LogP contribution in [0.4, 0.5) is 5.82 Å². The van der Waals surface area contributed by atoms with Crippen molar-refractivity contribution >= 4 is 29.0 Å². The number of aryl methyl sites for hydroxylation is 1. The molecule has 0 atom stereocenters. The number of rotatable bonds is 3. The van der Waals surface area contributed by atoms with Crippen molar-refractivity contribution in [2.24, 2.45) is 0 Å². The highest BCUT2D eigenvalue weighted by molar-refractivity contribution is 6.32. The topological polar surface area (TPSA) is 67.6 Å². The molecule has 0 fully saturated rings. The van der Waals surface area contributed by atoms with Crippen molar-refractivity contribution in [3.8, 4) is 17.2 Å². The summed E-state index contributed by atoms with van der Waals surface area (Å²) in [7, 11) is 0.